The number of rotatable bonds is 1. The molecule has 14 heavy (non-hydrogen) atoms. The van der Waals surface area contributed by atoms with Gasteiger partial charge in [-0.05, 0) is 30.9 Å². The molecule has 0 aliphatic heterocycles. The van der Waals surface area contributed by atoms with Gasteiger partial charge in [-0.2, -0.15) is 5.26 Å². The summed E-state index contributed by atoms with van der Waals surface area (Å²) in [5, 5.41) is 9.02. The van der Waals surface area contributed by atoms with Crippen molar-refractivity contribution in [1.82, 2.24) is 0 Å². The van der Waals surface area contributed by atoms with Crippen LogP contribution in [-0.4, -0.2) is 0 Å². The fraction of sp³-hybridized carbons (Fsp3) is 0.462. The Morgan fingerprint density at radius 1 is 1.29 bits per heavy atom. The molecule has 0 saturated heterocycles. The number of allylic oxidation sites excluding steroid dienone is 6. The van der Waals surface area contributed by atoms with Crippen molar-refractivity contribution in [2.24, 2.45) is 11.3 Å². The molecule has 74 valence electrons. The topological polar surface area (TPSA) is 23.8 Å². The summed E-state index contributed by atoms with van der Waals surface area (Å²) in [6.07, 6.45) is 8.09. The second-order valence-electron chi connectivity index (χ2n) is 4.35. The summed E-state index contributed by atoms with van der Waals surface area (Å²) < 4.78 is 0. The van der Waals surface area contributed by atoms with E-state index in [4.69, 9.17) is 5.26 Å². The van der Waals surface area contributed by atoms with Gasteiger partial charge in [0.05, 0.1) is 11.5 Å². The van der Waals surface area contributed by atoms with Crippen LogP contribution in [0.4, 0.5) is 0 Å². The largest absolute Gasteiger partial charge is 0.197 e. The molecule has 1 nitrogen and oxygen atoms in total. The molecule has 1 rings (SSSR count). The van der Waals surface area contributed by atoms with Gasteiger partial charge in [-0.1, -0.05) is 38.2 Å². The third kappa shape index (κ3) is 2.14. The van der Waals surface area contributed by atoms with Crippen LogP contribution in [0.3, 0.4) is 0 Å². The van der Waals surface area contributed by atoms with Crippen LogP contribution in [0.2, 0.25) is 0 Å². The van der Waals surface area contributed by atoms with Gasteiger partial charge in [0.25, 0.3) is 0 Å². The van der Waals surface area contributed by atoms with E-state index in [0.29, 0.717) is 5.92 Å². The highest BCUT2D eigenvalue weighted by atomic mass is 14.3. The first kappa shape index (κ1) is 10.8. The smallest absolute Gasteiger partial charge is 0.0911 e. The molecule has 0 N–H and O–H groups in total. The highest BCUT2D eigenvalue weighted by molar-refractivity contribution is 5.40. The fourth-order valence-corrected chi connectivity index (χ4v) is 1.57. The summed E-state index contributed by atoms with van der Waals surface area (Å²) in [6, 6.07) is 2.30. The molecule has 0 aromatic rings. The molecule has 0 radical (unpaired) electrons. The lowest BCUT2D eigenvalue weighted by Crippen LogP contribution is -2.04. The Hall–Kier alpha value is -1.29. The molecule has 0 bridgehead atoms. The van der Waals surface area contributed by atoms with Crippen molar-refractivity contribution in [1.29, 1.82) is 5.26 Å². The average molecular weight is 187 g/mol. The fourth-order valence-electron chi connectivity index (χ4n) is 1.57. The maximum absolute atomic E-state index is 9.02. The van der Waals surface area contributed by atoms with Crippen LogP contribution in [0, 0.1) is 22.7 Å². The van der Waals surface area contributed by atoms with Gasteiger partial charge in [0.2, 0.25) is 0 Å². The first-order chi connectivity index (χ1) is 6.48. The maximum Gasteiger partial charge on any atom is 0.0911 e. The zero-order chi connectivity index (χ0) is 10.8. The summed E-state index contributed by atoms with van der Waals surface area (Å²) in [5.74, 6) is 0.511. The molecule has 0 saturated carbocycles. The molecule has 1 aliphatic rings. The van der Waals surface area contributed by atoms with Crippen molar-refractivity contribution in [3.63, 3.8) is 0 Å². The highest BCUT2D eigenvalue weighted by Crippen LogP contribution is 2.28. The van der Waals surface area contributed by atoms with E-state index in [0.717, 1.165) is 0 Å². The van der Waals surface area contributed by atoms with Gasteiger partial charge >= 0.3 is 0 Å². The van der Waals surface area contributed by atoms with E-state index in [1.807, 2.05) is 19.1 Å². The maximum atomic E-state index is 9.02. The Labute approximate surface area is 86.4 Å². The molecule has 1 atom stereocenters. The predicted molar refractivity (Wildman–Crippen MR) is 59.5 cm³/mol. The lowest BCUT2D eigenvalue weighted by molar-refractivity contribution is 0.732. The highest BCUT2D eigenvalue weighted by Gasteiger charge is 2.18. The molecule has 0 spiro atoms. The Morgan fingerprint density at radius 2 is 1.86 bits per heavy atom. The Balaban J connectivity index is 3.11. The quantitative estimate of drug-likeness (QED) is 0.615. The molecule has 0 aromatic carbocycles. The van der Waals surface area contributed by atoms with E-state index in [1.165, 1.54) is 11.1 Å². The molecular weight excluding hydrogens is 170 g/mol. The van der Waals surface area contributed by atoms with Gasteiger partial charge in [-0.15, -0.1) is 0 Å². The van der Waals surface area contributed by atoms with Crippen LogP contribution in [0.15, 0.2) is 35.5 Å². The van der Waals surface area contributed by atoms with Crippen LogP contribution in [0.1, 0.15) is 27.7 Å². The molecule has 0 heterocycles. The standard InChI is InChI=1S/C13H17N/c1-10(2)12-6-8-13(4,9-14)7-5-11(12)3/h5-8,10H,1-4H3. The van der Waals surface area contributed by atoms with Crippen molar-refractivity contribution in [2.45, 2.75) is 27.7 Å². The summed E-state index contributed by atoms with van der Waals surface area (Å²) in [7, 11) is 0. The molecule has 0 amide bonds. The predicted octanol–water partition coefficient (Wildman–Crippen LogP) is 3.61. The van der Waals surface area contributed by atoms with Crippen molar-refractivity contribution >= 4 is 0 Å². The summed E-state index contributed by atoms with van der Waals surface area (Å²) >= 11 is 0. The number of hydrogen-bond acceptors (Lipinski definition) is 1. The van der Waals surface area contributed by atoms with E-state index in [-0.39, 0.29) is 0 Å². The summed E-state index contributed by atoms with van der Waals surface area (Å²) in [4.78, 5) is 0. The van der Waals surface area contributed by atoms with E-state index < -0.39 is 5.41 Å². The summed E-state index contributed by atoms with van der Waals surface area (Å²) in [6.45, 7) is 8.37. The van der Waals surface area contributed by atoms with Gasteiger partial charge < -0.3 is 0 Å². The van der Waals surface area contributed by atoms with Crippen LogP contribution < -0.4 is 0 Å². The second-order valence-corrected chi connectivity index (χ2v) is 4.35. The third-order valence-corrected chi connectivity index (χ3v) is 2.61. The Morgan fingerprint density at radius 3 is 2.36 bits per heavy atom. The Bertz CT molecular complexity index is 350. The summed E-state index contributed by atoms with van der Waals surface area (Å²) in [5.41, 5.74) is 2.13. The zero-order valence-electron chi connectivity index (χ0n) is 9.33. The minimum absolute atomic E-state index is 0.447. The van der Waals surface area contributed by atoms with Crippen molar-refractivity contribution in [3.8, 4) is 6.07 Å². The van der Waals surface area contributed by atoms with Gasteiger partial charge in [-0.25, -0.2) is 0 Å². The lowest BCUT2D eigenvalue weighted by atomic mass is 9.92. The molecule has 0 fully saturated rings. The number of nitrogens with zero attached hydrogens (tertiary/aromatic N) is 1. The van der Waals surface area contributed by atoms with Crippen LogP contribution in [0.5, 0.6) is 0 Å². The SMILES string of the molecule is CC1=C(C(C)C)C=CC(C)(C#N)C=C1. The first-order valence-corrected chi connectivity index (χ1v) is 4.99. The van der Waals surface area contributed by atoms with Crippen LogP contribution in [-0.2, 0) is 0 Å². The average Bonchev–Trinajstić information content (AvgIpc) is 2.28. The van der Waals surface area contributed by atoms with E-state index in [9.17, 15) is 0 Å². The third-order valence-electron chi connectivity index (χ3n) is 2.61. The number of nitriles is 1. The van der Waals surface area contributed by atoms with E-state index >= 15 is 0 Å². The van der Waals surface area contributed by atoms with Crippen LogP contribution in [0.25, 0.3) is 0 Å². The normalized spacial score (nSPS) is 26.6. The molecular formula is C13H17N. The molecule has 1 heteroatoms. The van der Waals surface area contributed by atoms with Crippen molar-refractivity contribution in [3.05, 3.63) is 35.5 Å². The van der Waals surface area contributed by atoms with E-state index in [1.54, 1.807) is 0 Å². The Kier molecular flexibility index (Phi) is 2.96. The van der Waals surface area contributed by atoms with Crippen molar-refractivity contribution < 1.29 is 0 Å². The van der Waals surface area contributed by atoms with Gasteiger partial charge in [-0.3, -0.25) is 0 Å². The lowest BCUT2D eigenvalue weighted by Gasteiger charge is -2.09. The number of hydrogen-bond donors (Lipinski definition) is 0. The minimum Gasteiger partial charge on any atom is -0.197 e. The molecule has 1 unspecified atom stereocenters. The minimum atomic E-state index is -0.447. The monoisotopic (exact) mass is 187 g/mol. The second kappa shape index (κ2) is 3.84. The first-order valence-electron chi connectivity index (χ1n) is 4.99. The van der Waals surface area contributed by atoms with Crippen molar-refractivity contribution in [2.75, 3.05) is 0 Å². The van der Waals surface area contributed by atoms with Crippen LogP contribution >= 0.6 is 0 Å². The zero-order valence-corrected chi connectivity index (χ0v) is 9.33. The molecule has 1 aliphatic carbocycles. The van der Waals surface area contributed by atoms with E-state index in [2.05, 4.69) is 39.0 Å². The molecule has 0 aromatic heterocycles. The van der Waals surface area contributed by atoms with Gasteiger partial charge in [0, 0.05) is 0 Å². The van der Waals surface area contributed by atoms with Gasteiger partial charge in [0.1, 0.15) is 0 Å². The van der Waals surface area contributed by atoms with Gasteiger partial charge in [0.15, 0.2) is 0 Å².